The Labute approximate surface area is 388 Å². The number of ether oxygens (including phenoxy) is 4. The Kier molecular flexibility index (Phi) is 44.2. The molecular formula is C54H99NO8. The largest absolute Gasteiger partial charge is 0.545 e. The van der Waals surface area contributed by atoms with Crippen LogP contribution in [0.4, 0.5) is 0 Å². The molecule has 0 aromatic carbocycles. The smallest absolute Gasteiger partial charge is 0.306 e. The van der Waals surface area contributed by atoms with Crippen LogP contribution in [0.25, 0.3) is 0 Å². The minimum Gasteiger partial charge on any atom is -0.545 e. The molecule has 0 N–H and O–H groups in total. The van der Waals surface area contributed by atoms with Crippen molar-refractivity contribution in [3.05, 3.63) is 36.5 Å². The van der Waals surface area contributed by atoms with Gasteiger partial charge in [-0.05, 0) is 64.2 Å². The molecule has 2 atom stereocenters. The highest BCUT2D eigenvalue weighted by molar-refractivity contribution is 5.70. The molecule has 0 aromatic heterocycles. The average molecular weight is 890 g/mol. The molecule has 0 amide bonds. The molecule has 9 nitrogen and oxygen atoms in total. The number of hydrogen-bond acceptors (Lipinski definition) is 8. The predicted octanol–water partition coefficient (Wildman–Crippen LogP) is 13.2. The average Bonchev–Trinajstić information content (AvgIpc) is 3.24. The number of unbranched alkanes of at least 4 members (excludes halogenated alkanes) is 27. The van der Waals surface area contributed by atoms with Gasteiger partial charge in [0.05, 0.1) is 40.3 Å². The summed E-state index contributed by atoms with van der Waals surface area (Å²) in [7, 11) is 5.91. The number of nitrogens with zero attached hydrogens (tertiary/aromatic N) is 1. The van der Waals surface area contributed by atoms with Crippen LogP contribution in [-0.4, -0.2) is 82.3 Å². The Morgan fingerprint density at radius 3 is 1.33 bits per heavy atom. The number of carbonyl (C=O) groups excluding carboxylic acids is 3. The highest BCUT2D eigenvalue weighted by Crippen LogP contribution is 2.16. The molecule has 0 bridgehead atoms. The molecule has 0 radical (unpaired) electrons. The highest BCUT2D eigenvalue weighted by atomic mass is 16.7. The van der Waals surface area contributed by atoms with Gasteiger partial charge >= 0.3 is 11.9 Å². The van der Waals surface area contributed by atoms with Crippen LogP contribution in [0, 0.1) is 0 Å². The number of aliphatic carboxylic acids is 1. The normalized spacial score (nSPS) is 13.1. The molecule has 0 fully saturated rings. The van der Waals surface area contributed by atoms with Crippen molar-refractivity contribution in [3.63, 3.8) is 0 Å². The maximum atomic E-state index is 12.8. The van der Waals surface area contributed by atoms with Gasteiger partial charge in [-0.25, -0.2) is 0 Å². The van der Waals surface area contributed by atoms with Crippen LogP contribution in [0.3, 0.4) is 0 Å². The van der Waals surface area contributed by atoms with Gasteiger partial charge in [0, 0.05) is 12.8 Å². The lowest BCUT2D eigenvalue weighted by Crippen LogP contribution is -2.44. The Balaban J connectivity index is 4.21. The van der Waals surface area contributed by atoms with Crippen molar-refractivity contribution in [2.45, 2.75) is 245 Å². The van der Waals surface area contributed by atoms with Gasteiger partial charge in [0.2, 0.25) is 0 Å². The monoisotopic (exact) mass is 890 g/mol. The predicted molar refractivity (Wildman–Crippen MR) is 260 cm³/mol. The van der Waals surface area contributed by atoms with Crippen molar-refractivity contribution >= 4 is 17.9 Å². The zero-order chi connectivity index (χ0) is 46.3. The van der Waals surface area contributed by atoms with Crippen molar-refractivity contribution in [2.75, 3.05) is 47.5 Å². The summed E-state index contributed by atoms with van der Waals surface area (Å²) in [6, 6.07) is 0. The number of quaternary nitrogens is 1. The second kappa shape index (κ2) is 46.1. The standard InChI is InChI=1S/C54H99NO8/c1-6-8-10-12-14-16-18-20-21-22-23-24-25-26-27-28-29-30-31-33-34-36-38-40-42-44-51(56)61-48-50(49-62-54(53(58)59)60-47-46-55(3,4)5)63-52(57)45-43-41-39-37-35-32-19-17-15-13-11-9-7-2/h11,13,17,19,22-23,50,54H,6-10,12,14-16,18,20-21,24-49H2,1-5H3/b13-11-,19-17-,23-22-. The summed E-state index contributed by atoms with van der Waals surface area (Å²) in [6.07, 6.45) is 50.5. The van der Waals surface area contributed by atoms with E-state index in [0.29, 0.717) is 23.9 Å². The van der Waals surface area contributed by atoms with Crippen molar-refractivity contribution in [1.82, 2.24) is 0 Å². The maximum Gasteiger partial charge on any atom is 0.306 e. The Morgan fingerprint density at radius 2 is 0.889 bits per heavy atom. The van der Waals surface area contributed by atoms with E-state index in [4.69, 9.17) is 18.9 Å². The zero-order valence-corrected chi connectivity index (χ0v) is 41.7. The van der Waals surface area contributed by atoms with E-state index in [1.807, 2.05) is 21.1 Å². The van der Waals surface area contributed by atoms with Gasteiger partial charge in [-0.2, -0.15) is 0 Å². The second-order valence-corrected chi connectivity index (χ2v) is 18.8. The van der Waals surface area contributed by atoms with E-state index in [2.05, 4.69) is 50.3 Å². The molecule has 2 unspecified atom stereocenters. The van der Waals surface area contributed by atoms with Crippen molar-refractivity contribution in [2.24, 2.45) is 0 Å². The van der Waals surface area contributed by atoms with Crippen LogP contribution < -0.4 is 5.11 Å². The molecule has 0 aliphatic rings. The highest BCUT2D eigenvalue weighted by Gasteiger charge is 2.22. The van der Waals surface area contributed by atoms with E-state index < -0.39 is 24.3 Å². The summed E-state index contributed by atoms with van der Waals surface area (Å²) < 4.78 is 22.6. The second-order valence-electron chi connectivity index (χ2n) is 18.8. The fourth-order valence-corrected chi connectivity index (χ4v) is 7.27. The third kappa shape index (κ3) is 47.3. The molecule has 63 heavy (non-hydrogen) atoms. The number of esters is 2. The summed E-state index contributed by atoms with van der Waals surface area (Å²) in [5, 5.41) is 11.7. The summed E-state index contributed by atoms with van der Waals surface area (Å²) in [5.41, 5.74) is 0. The van der Waals surface area contributed by atoms with Gasteiger partial charge in [-0.1, -0.05) is 192 Å². The van der Waals surface area contributed by atoms with Crippen molar-refractivity contribution < 1.29 is 42.9 Å². The number of carboxylic acid groups (broad SMARTS) is 1. The van der Waals surface area contributed by atoms with E-state index in [1.165, 1.54) is 135 Å². The molecule has 0 aliphatic heterocycles. The van der Waals surface area contributed by atoms with Gasteiger partial charge in [-0.3, -0.25) is 9.59 Å². The molecule has 0 heterocycles. The van der Waals surface area contributed by atoms with E-state index in [0.717, 1.165) is 64.2 Å². The fraction of sp³-hybridized carbons (Fsp3) is 0.833. The molecule has 0 spiro atoms. The number of carbonyl (C=O) groups is 3. The third-order valence-electron chi connectivity index (χ3n) is 11.3. The lowest BCUT2D eigenvalue weighted by atomic mass is 10.0. The Hall–Kier alpha value is -2.49. The van der Waals surface area contributed by atoms with Crippen LogP contribution >= 0.6 is 0 Å². The summed E-state index contributed by atoms with van der Waals surface area (Å²) in [4.78, 5) is 37.1. The lowest BCUT2D eigenvalue weighted by molar-refractivity contribution is -0.870. The first-order valence-corrected chi connectivity index (χ1v) is 26.1. The quantitative estimate of drug-likeness (QED) is 0.0195. The number of likely N-dealkylation sites (N-methyl/N-ethyl adjacent to an activating group) is 1. The molecule has 0 saturated heterocycles. The number of rotatable bonds is 48. The van der Waals surface area contributed by atoms with Crippen LogP contribution in [0.1, 0.15) is 232 Å². The van der Waals surface area contributed by atoms with Gasteiger partial charge in [-0.15, -0.1) is 0 Å². The minimum absolute atomic E-state index is 0.145. The first-order valence-electron chi connectivity index (χ1n) is 26.1. The SMILES string of the molecule is CCC/C=C\C/C=C\CCCCCCCC(=O)OC(COC(=O)CCCCCCCCCCCCCCC/C=C\CCCCCCCCCC)COC(OCC[N+](C)(C)C)C(=O)[O-]. The minimum atomic E-state index is -1.62. The van der Waals surface area contributed by atoms with Crippen LogP contribution in [0.2, 0.25) is 0 Å². The van der Waals surface area contributed by atoms with E-state index >= 15 is 0 Å². The van der Waals surface area contributed by atoms with Gasteiger partial charge < -0.3 is 33.3 Å². The number of hydrogen-bond donors (Lipinski definition) is 0. The van der Waals surface area contributed by atoms with Crippen LogP contribution in [0.15, 0.2) is 36.5 Å². The maximum absolute atomic E-state index is 12.8. The molecule has 0 aliphatic carbocycles. The van der Waals surface area contributed by atoms with Crippen LogP contribution in [0.5, 0.6) is 0 Å². The number of allylic oxidation sites excluding steroid dienone is 6. The first-order chi connectivity index (χ1) is 30.6. The molecule has 9 heteroatoms. The van der Waals surface area contributed by atoms with Crippen molar-refractivity contribution in [1.29, 1.82) is 0 Å². The van der Waals surface area contributed by atoms with Crippen molar-refractivity contribution in [3.8, 4) is 0 Å². The van der Waals surface area contributed by atoms with Gasteiger partial charge in [0.25, 0.3) is 0 Å². The van der Waals surface area contributed by atoms with E-state index in [9.17, 15) is 19.5 Å². The summed E-state index contributed by atoms with van der Waals surface area (Å²) in [5.74, 6) is -2.30. The number of carboxylic acids is 1. The lowest BCUT2D eigenvalue weighted by Gasteiger charge is -2.26. The Bertz CT molecular complexity index is 1130. The Morgan fingerprint density at radius 1 is 0.476 bits per heavy atom. The topological polar surface area (TPSA) is 111 Å². The summed E-state index contributed by atoms with van der Waals surface area (Å²) in [6.45, 7) is 4.68. The van der Waals surface area contributed by atoms with E-state index in [-0.39, 0.29) is 32.2 Å². The third-order valence-corrected chi connectivity index (χ3v) is 11.3. The summed E-state index contributed by atoms with van der Waals surface area (Å²) >= 11 is 0. The molecule has 368 valence electrons. The molecular weight excluding hydrogens is 791 g/mol. The van der Waals surface area contributed by atoms with Crippen LogP contribution in [-0.2, 0) is 33.3 Å². The zero-order valence-electron chi connectivity index (χ0n) is 41.7. The first kappa shape index (κ1) is 60.5. The fourth-order valence-electron chi connectivity index (χ4n) is 7.27. The molecule has 0 saturated carbocycles. The van der Waals surface area contributed by atoms with Gasteiger partial charge in [0.15, 0.2) is 12.4 Å². The molecule has 0 aromatic rings. The van der Waals surface area contributed by atoms with Gasteiger partial charge in [0.1, 0.15) is 13.2 Å². The van der Waals surface area contributed by atoms with E-state index in [1.54, 1.807) is 0 Å². The molecule has 0 rings (SSSR count).